The van der Waals surface area contributed by atoms with E-state index in [0.717, 1.165) is 11.1 Å². The molecular weight excluding hydrogens is 308 g/mol. The van der Waals surface area contributed by atoms with Gasteiger partial charge in [0.1, 0.15) is 5.54 Å². The molecule has 0 aromatic heterocycles. The summed E-state index contributed by atoms with van der Waals surface area (Å²) in [7, 11) is 1.27. The van der Waals surface area contributed by atoms with E-state index in [9.17, 15) is 14.4 Å². The molecule has 1 aromatic carbocycles. The van der Waals surface area contributed by atoms with Gasteiger partial charge in [-0.15, -0.1) is 0 Å². The molecule has 0 aliphatic carbocycles. The van der Waals surface area contributed by atoms with Crippen LogP contribution >= 0.6 is 0 Å². The van der Waals surface area contributed by atoms with Crippen LogP contribution in [0.25, 0.3) is 6.08 Å². The topological polar surface area (TPSA) is 75.7 Å². The number of hydrogen-bond acceptors (Lipinski definition) is 4. The van der Waals surface area contributed by atoms with E-state index in [1.54, 1.807) is 20.0 Å². The first-order chi connectivity index (χ1) is 11.3. The number of esters is 1. The highest BCUT2D eigenvalue weighted by Gasteiger charge is 2.33. The molecule has 2 rings (SSSR count). The maximum atomic E-state index is 12.4. The zero-order valence-electron chi connectivity index (χ0n) is 14.3. The Morgan fingerprint density at radius 2 is 1.92 bits per heavy atom. The predicted octanol–water partition coefficient (Wildman–Crippen LogP) is 2.02. The first-order valence-electron chi connectivity index (χ1n) is 7.71. The average molecular weight is 330 g/mol. The maximum absolute atomic E-state index is 12.4. The van der Waals surface area contributed by atoms with E-state index in [0.29, 0.717) is 0 Å². The summed E-state index contributed by atoms with van der Waals surface area (Å²) in [6, 6.07) is 7.21. The van der Waals surface area contributed by atoms with E-state index in [2.05, 4.69) is 5.32 Å². The van der Waals surface area contributed by atoms with Crippen molar-refractivity contribution in [1.82, 2.24) is 10.2 Å². The number of rotatable bonds is 4. The highest BCUT2D eigenvalue weighted by atomic mass is 16.5. The second-order valence-electron chi connectivity index (χ2n) is 6.26. The van der Waals surface area contributed by atoms with Gasteiger partial charge in [-0.3, -0.25) is 9.59 Å². The van der Waals surface area contributed by atoms with E-state index >= 15 is 0 Å². The van der Waals surface area contributed by atoms with Gasteiger partial charge in [-0.2, -0.15) is 0 Å². The molecule has 1 aliphatic heterocycles. The lowest BCUT2D eigenvalue weighted by Gasteiger charge is -2.33. The second kappa shape index (κ2) is 6.86. The van der Waals surface area contributed by atoms with Gasteiger partial charge >= 0.3 is 5.97 Å². The predicted molar refractivity (Wildman–Crippen MR) is 89.6 cm³/mol. The standard InChI is InChI=1S/C18H22N2O4/c1-12(21)20-10-9-13-7-5-6-8-14(13)15(20)11-16(22)19-18(2,3)17(23)24-4/h5-10,15H,11H2,1-4H3,(H,19,22). The van der Waals surface area contributed by atoms with Crippen molar-refractivity contribution in [2.24, 2.45) is 0 Å². The number of nitrogens with one attached hydrogen (secondary N) is 1. The van der Waals surface area contributed by atoms with Gasteiger partial charge < -0.3 is 15.0 Å². The van der Waals surface area contributed by atoms with Gasteiger partial charge in [0.05, 0.1) is 19.6 Å². The van der Waals surface area contributed by atoms with E-state index < -0.39 is 17.6 Å². The Morgan fingerprint density at radius 3 is 2.54 bits per heavy atom. The van der Waals surface area contributed by atoms with Crippen LogP contribution in [0.5, 0.6) is 0 Å². The van der Waals surface area contributed by atoms with Crippen molar-refractivity contribution in [3.8, 4) is 0 Å². The molecule has 6 nitrogen and oxygen atoms in total. The SMILES string of the molecule is COC(=O)C(C)(C)NC(=O)CC1c2ccccc2C=CN1C(C)=O. The first-order valence-corrected chi connectivity index (χ1v) is 7.71. The zero-order chi connectivity index (χ0) is 17.9. The van der Waals surface area contributed by atoms with Crippen LogP contribution in [0.3, 0.4) is 0 Å². The highest BCUT2D eigenvalue weighted by Crippen LogP contribution is 2.32. The average Bonchev–Trinajstić information content (AvgIpc) is 2.53. The highest BCUT2D eigenvalue weighted by molar-refractivity contribution is 5.88. The largest absolute Gasteiger partial charge is 0.467 e. The van der Waals surface area contributed by atoms with Gasteiger partial charge in [0, 0.05) is 13.1 Å². The molecule has 1 atom stereocenters. The Bertz CT molecular complexity index is 694. The van der Waals surface area contributed by atoms with Gasteiger partial charge in [0.25, 0.3) is 0 Å². The fourth-order valence-corrected chi connectivity index (χ4v) is 2.79. The Kier molecular flexibility index (Phi) is 5.07. The number of carbonyl (C=O) groups is 3. The molecule has 0 bridgehead atoms. The van der Waals surface area contributed by atoms with Gasteiger partial charge in [-0.05, 0) is 31.1 Å². The van der Waals surface area contributed by atoms with Crippen molar-refractivity contribution >= 4 is 23.9 Å². The molecule has 1 unspecified atom stereocenters. The molecule has 1 N–H and O–H groups in total. The molecule has 0 saturated carbocycles. The minimum absolute atomic E-state index is 0.0569. The number of amides is 2. The van der Waals surface area contributed by atoms with Crippen LogP contribution in [0.2, 0.25) is 0 Å². The fourth-order valence-electron chi connectivity index (χ4n) is 2.79. The van der Waals surface area contributed by atoms with Crippen LogP contribution in [-0.4, -0.2) is 35.3 Å². The van der Waals surface area contributed by atoms with E-state index in [1.165, 1.54) is 18.9 Å². The number of methoxy groups -OCH3 is 1. The van der Waals surface area contributed by atoms with Crippen LogP contribution < -0.4 is 5.32 Å². The molecule has 0 saturated heterocycles. The Morgan fingerprint density at radius 1 is 1.25 bits per heavy atom. The summed E-state index contributed by atoms with van der Waals surface area (Å²) in [4.78, 5) is 37.6. The molecule has 0 radical (unpaired) electrons. The van der Waals surface area contributed by atoms with Crippen LogP contribution in [0, 0.1) is 0 Å². The van der Waals surface area contributed by atoms with Crippen molar-refractivity contribution in [1.29, 1.82) is 0 Å². The van der Waals surface area contributed by atoms with Crippen molar-refractivity contribution in [3.63, 3.8) is 0 Å². The lowest BCUT2D eigenvalue weighted by Crippen LogP contribution is -2.51. The molecule has 6 heteroatoms. The number of hydrogen-bond donors (Lipinski definition) is 1. The summed E-state index contributed by atoms with van der Waals surface area (Å²) in [5.74, 6) is -0.999. The summed E-state index contributed by atoms with van der Waals surface area (Å²) in [5.41, 5.74) is 0.748. The third-order valence-electron chi connectivity index (χ3n) is 4.00. The van der Waals surface area contributed by atoms with Crippen molar-refractivity contribution in [3.05, 3.63) is 41.6 Å². The van der Waals surface area contributed by atoms with Crippen LogP contribution in [0.1, 0.15) is 44.4 Å². The number of carbonyl (C=O) groups excluding carboxylic acids is 3. The van der Waals surface area contributed by atoms with Crippen molar-refractivity contribution < 1.29 is 19.1 Å². The monoisotopic (exact) mass is 330 g/mol. The second-order valence-corrected chi connectivity index (χ2v) is 6.26. The van der Waals surface area contributed by atoms with Gasteiger partial charge in [-0.1, -0.05) is 24.3 Å². The quantitative estimate of drug-likeness (QED) is 0.857. The third kappa shape index (κ3) is 3.64. The van der Waals surface area contributed by atoms with E-state index in [1.807, 2.05) is 30.3 Å². The van der Waals surface area contributed by atoms with Crippen molar-refractivity contribution in [2.45, 2.75) is 38.8 Å². The van der Waals surface area contributed by atoms with Gasteiger partial charge in [-0.25, -0.2) is 4.79 Å². The minimum Gasteiger partial charge on any atom is -0.467 e. The zero-order valence-corrected chi connectivity index (χ0v) is 14.3. The van der Waals surface area contributed by atoms with Gasteiger partial charge in [0.2, 0.25) is 11.8 Å². The van der Waals surface area contributed by atoms with E-state index in [-0.39, 0.29) is 18.2 Å². The summed E-state index contributed by atoms with van der Waals surface area (Å²) in [6.07, 6.45) is 3.60. The fraction of sp³-hybridized carbons (Fsp3) is 0.389. The van der Waals surface area contributed by atoms with Crippen molar-refractivity contribution in [2.75, 3.05) is 7.11 Å². The van der Waals surface area contributed by atoms with Crippen LogP contribution in [0.15, 0.2) is 30.5 Å². The molecule has 0 fully saturated rings. The number of benzene rings is 1. The molecule has 128 valence electrons. The number of ether oxygens (including phenoxy) is 1. The lowest BCUT2D eigenvalue weighted by molar-refractivity contribution is -0.149. The minimum atomic E-state index is -1.13. The molecular formula is C18H22N2O4. The molecule has 1 aromatic rings. The van der Waals surface area contributed by atoms with E-state index in [4.69, 9.17) is 4.74 Å². The Hall–Kier alpha value is -2.63. The lowest BCUT2D eigenvalue weighted by atomic mass is 9.93. The summed E-state index contributed by atoms with van der Waals surface area (Å²) in [6.45, 7) is 4.62. The van der Waals surface area contributed by atoms with Crippen LogP contribution in [-0.2, 0) is 19.1 Å². The molecule has 0 spiro atoms. The number of fused-ring (bicyclic) bond motifs is 1. The van der Waals surface area contributed by atoms with Gasteiger partial charge in [0.15, 0.2) is 0 Å². The maximum Gasteiger partial charge on any atom is 0.330 e. The number of nitrogens with zero attached hydrogens (tertiary/aromatic N) is 1. The summed E-state index contributed by atoms with van der Waals surface area (Å²) >= 11 is 0. The third-order valence-corrected chi connectivity index (χ3v) is 4.00. The molecule has 1 aliphatic rings. The van der Waals surface area contributed by atoms with Crippen LogP contribution in [0.4, 0.5) is 0 Å². The molecule has 1 heterocycles. The summed E-state index contributed by atoms with van der Waals surface area (Å²) in [5, 5.41) is 2.67. The first kappa shape index (κ1) is 17.7. The summed E-state index contributed by atoms with van der Waals surface area (Å²) < 4.78 is 4.69. The molecule has 2 amide bonds. The smallest absolute Gasteiger partial charge is 0.330 e. The normalized spacial score (nSPS) is 16.3. The Labute approximate surface area is 141 Å². The Balaban J connectivity index is 2.22. The molecule has 24 heavy (non-hydrogen) atoms.